The van der Waals surface area contributed by atoms with E-state index in [4.69, 9.17) is 11.6 Å². The molecule has 0 aliphatic heterocycles. The number of anilines is 1. The lowest BCUT2D eigenvalue weighted by molar-refractivity contribution is -0.137. The van der Waals surface area contributed by atoms with Crippen LogP contribution in [-0.4, -0.2) is 21.9 Å². The van der Waals surface area contributed by atoms with Crippen molar-refractivity contribution >= 4 is 45.7 Å². The van der Waals surface area contributed by atoms with Gasteiger partial charge in [0.15, 0.2) is 0 Å². The average Bonchev–Trinajstić information content (AvgIpc) is 2.78. The molecule has 0 unspecified atom stereocenters. The Bertz CT molecular complexity index is 1330. The van der Waals surface area contributed by atoms with Gasteiger partial charge >= 0.3 is 6.18 Å². The Morgan fingerprint density at radius 2 is 1.67 bits per heavy atom. The zero-order valence-electron chi connectivity index (χ0n) is 16.7. The number of benzene rings is 3. The Morgan fingerprint density at radius 3 is 2.36 bits per heavy atom. The third kappa shape index (κ3) is 5.26. The summed E-state index contributed by atoms with van der Waals surface area (Å²) in [4.78, 5) is 12.4. The highest BCUT2D eigenvalue weighted by Crippen LogP contribution is 2.36. The first kappa shape index (κ1) is 23.0. The second-order valence-electron chi connectivity index (χ2n) is 6.94. The van der Waals surface area contributed by atoms with Gasteiger partial charge in [0.05, 0.1) is 16.3 Å². The summed E-state index contributed by atoms with van der Waals surface area (Å²) in [6, 6.07) is 16.4. The van der Waals surface area contributed by atoms with E-state index in [0.29, 0.717) is 16.3 Å². The minimum Gasteiger partial charge on any atom is -0.325 e. The normalized spacial score (nSPS) is 11.5. The summed E-state index contributed by atoms with van der Waals surface area (Å²) >= 11 is 6.71. The summed E-state index contributed by atoms with van der Waals surface area (Å²) < 4.78 is 52.3. The molecule has 1 heterocycles. The summed E-state index contributed by atoms with van der Waals surface area (Å²) in [5, 5.41) is 12.5. The van der Waals surface area contributed by atoms with Crippen LogP contribution in [0.4, 0.5) is 23.2 Å². The summed E-state index contributed by atoms with van der Waals surface area (Å²) in [6.07, 6.45) is -4.63. The first-order valence-electron chi connectivity index (χ1n) is 9.53. The predicted octanol–water partition coefficient (Wildman–Crippen LogP) is 6.84. The van der Waals surface area contributed by atoms with Gasteiger partial charge in [-0.3, -0.25) is 4.79 Å². The van der Waals surface area contributed by atoms with Crippen molar-refractivity contribution in [3.63, 3.8) is 0 Å². The highest BCUT2D eigenvalue weighted by Gasteiger charge is 2.33. The van der Waals surface area contributed by atoms with Gasteiger partial charge in [0.1, 0.15) is 16.5 Å². The third-order valence-corrected chi connectivity index (χ3v) is 5.98. The fourth-order valence-corrected chi connectivity index (χ4v) is 4.15. The molecule has 1 aromatic heterocycles. The number of nitrogens with one attached hydrogen (secondary N) is 1. The van der Waals surface area contributed by atoms with Crippen LogP contribution in [0.5, 0.6) is 0 Å². The van der Waals surface area contributed by atoms with Crippen molar-refractivity contribution in [3.05, 3.63) is 83.1 Å². The Labute approximate surface area is 195 Å². The van der Waals surface area contributed by atoms with Crippen molar-refractivity contribution in [2.45, 2.75) is 11.2 Å². The van der Waals surface area contributed by atoms with Crippen LogP contribution in [0.25, 0.3) is 22.0 Å². The van der Waals surface area contributed by atoms with Crippen LogP contribution in [0, 0.1) is 5.82 Å². The molecule has 1 N–H and O–H groups in total. The van der Waals surface area contributed by atoms with Gasteiger partial charge < -0.3 is 5.32 Å². The Balaban J connectivity index is 1.53. The van der Waals surface area contributed by atoms with E-state index >= 15 is 0 Å². The highest BCUT2D eigenvalue weighted by molar-refractivity contribution is 8.00. The standard InChI is InChI=1S/C23H14ClF4N3OS/c24-19-10-9-15(11-18(19)23(26,27)28)29-20(32)12-33-22-17-4-2-1-3-16(17)21(30-31-22)13-5-7-14(25)8-6-13/h1-11H,12H2,(H,29,32). The molecule has 4 rings (SSSR count). The van der Waals surface area contributed by atoms with Gasteiger partial charge in [-0.05, 0) is 42.5 Å². The van der Waals surface area contributed by atoms with Gasteiger partial charge in [0.25, 0.3) is 0 Å². The maximum atomic E-state index is 13.3. The van der Waals surface area contributed by atoms with E-state index in [1.165, 1.54) is 18.2 Å². The molecule has 0 bridgehead atoms. The second kappa shape index (κ2) is 9.36. The van der Waals surface area contributed by atoms with Crippen molar-refractivity contribution in [2.75, 3.05) is 11.1 Å². The van der Waals surface area contributed by atoms with E-state index < -0.39 is 22.7 Å². The number of carbonyl (C=O) groups excluding carboxylic acids is 1. The van der Waals surface area contributed by atoms with Crippen LogP contribution in [0.3, 0.4) is 0 Å². The molecule has 0 aliphatic carbocycles. The second-order valence-corrected chi connectivity index (χ2v) is 8.31. The molecule has 0 atom stereocenters. The van der Waals surface area contributed by atoms with E-state index in [1.807, 2.05) is 24.3 Å². The van der Waals surface area contributed by atoms with Gasteiger partial charge in [-0.25, -0.2) is 4.39 Å². The van der Waals surface area contributed by atoms with Gasteiger partial charge in [0, 0.05) is 22.0 Å². The number of amides is 1. The number of nitrogens with zero attached hydrogens (tertiary/aromatic N) is 2. The van der Waals surface area contributed by atoms with Crippen LogP contribution < -0.4 is 5.32 Å². The highest BCUT2D eigenvalue weighted by atomic mass is 35.5. The topological polar surface area (TPSA) is 54.9 Å². The molecule has 0 saturated heterocycles. The van der Waals surface area contributed by atoms with Crippen LogP contribution >= 0.6 is 23.4 Å². The molecule has 0 radical (unpaired) electrons. The predicted molar refractivity (Wildman–Crippen MR) is 121 cm³/mol. The maximum absolute atomic E-state index is 13.3. The number of hydrogen-bond acceptors (Lipinski definition) is 4. The summed E-state index contributed by atoms with van der Waals surface area (Å²) in [6.45, 7) is 0. The maximum Gasteiger partial charge on any atom is 0.417 e. The summed E-state index contributed by atoms with van der Waals surface area (Å²) in [5.74, 6) is -0.973. The average molecular weight is 492 g/mol. The van der Waals surface area contributed by atoms with Gasteiger partial charge in [-0.2, -0.15) is 13.2 Å². The van der Waals surface area contributed by atoms with Crippen LogP contribution in [-0.2, 0) is 11.0 Å². The van der Waals surface area contributed by atoms with E-state index in [0.717, 1.165) is 34.7 Å². The molecule has 0 spiro atoms. The molecule has 168 valence electrons. The lowest BCUT2D eigenvalue weighted by Crippen LogP contribution is -2.15. The van der Waals surface area contributed by atoms with Crippen molar-refractivity contribution in [1.82, 2.24) is 10.2 Å². The van der Waals surface area contributed by atoms with Gasteiger partial charge in [0.2, 0.25) is 5.91 Å². The monoisotopic (exact) mass is 491 g/mol. The van der Waals surface area contributed by atoms with Crippen molar-refractivity contribution in [2.24, 2.45) is 0 Å². The Kier molecular flexibility index (Phi) is 6.53. The van der Waals surface area contributed by atoms with Gasteiger partial charge in [-0.1, -0.05) is 47.6 Å². The van der Waals surface area contributed by atoms with Crippen LogP contribution in [0.1, 0.15) is 5.56 Å². The minimum absolute atomic E-state index is 0.0140. The van der Waals surface area contributed by atoms with E-state index in [2.05, 4.69) is 15.5 Å². The van der Waals surface area contributed by atoms with Gasteiger partial charge in [-0.15, -0.1) is 10.2 Å². The number of aromatic nitrogens is 2. The van der Waals surface area contributed by atoms with E-state index in [9.17, 15) is 22.4 Å². The molecule has 4 aromatic rings. The first-order chi connectivity index (χ1) is 15.7. The molecule has 1 amide bonds. The SMILES string of the molecule is O=C(CSc1nnc(-c2ccc(F)cc2)c2ccccc12)Nc1ccc(Cl)c(C(F)(F)F)c1. The minimum atomic E-state index is -4.63. The third-order valence-electron chi connectivity index (χ3n) is 4.67. The van der Waals surface area contributed by atoms with Crippen molar-refractivity contribution < 1.29 is 22.4 Å². The lowest BCUT2D eigenvalue weighted by atomic mass is 10.1. The number of carbonyl (C=O) groups is 1. The van der Waals surface area contributed by atoms with Crippen molar-refractivity contribution in [1.29, 1.82) is 0 Å². The molecule has 0 aliphatic rings. The number of alkyl halides is 3. The lowest BCUT2D eigenvalue weighted by Gasteiger charge is -2.12. The molecule has 33 heavy (non-hydrogen) atoms. The molecule has 3 aromatic carbocycles. The Morgan fingerprint density at radius 1 is 0.970 bits per heavy atom. The molecule has 4 nitrogen and oxygen atoms in total. The molecular formula is C23H14ClF4N3OS. The zero-order valence-corrected chi connectivity index (χ0v) is 18.2. The number of halogens is 5. The van der Waals surface area contributed by atoms with E-state index in [-0.39, 0.29) is 17.3 Å². The van der Waals surface area contributed by atoms with Crippen LogP contribution in [0.2, 0.25) is 5.02 Å². The number of hydrogen-bond donors (Lipinski definition) is 1. The number of fused-ring (bicyclic) bond motifs is 1. The molecule has 0 fully saturated rings. The summed E-state index contributed by atoms with van der Waals surface area (Å²) in [5.41, 5.74) is 0.223. The largest absolute Gasteiger partial charge is 0.417 e. The first-order valence-corrected chi connectivity index (χ1v) is 10.9. The Hall–Kier alpha value is -3.17. The molecule has 10 heteroatoms. The zero-order chi connectivity index (χ0) is 23.6. The molecular weight excluding hydrogens is 478 g/mol. The quantitative estimate of drug-likeness (QED) is 0.245. The van der Waals surface area contributed by atoms with E-state index in [1.54, 1.807) is 12.1 Å². The summed E-state index contributed by atoms with van der Waals surface area (Å²) in [7, 11) is 0. The fourth-order valence-electron chi connectivity index (χ4n) is 3.16. The fraction of sp³-hybridized carbons (Fsp3) is 0.0870. The number of thioether (sulfide) groups is 1. The molecule has 0 saturated carbocycles. The number of rotatable bonds is 5. The van der Waals surface area contributed by atoms with Crippen molar-refractivity contribution in [3.8, 4) is 11.3 Å². The smallest absolute Gasteiger partial charge is 0.325 e. The van der Waals surface area contributed by atoms with Crippen LogP contribution in [0.15, 0.2) is 71.8 Å².